The minimum absolute atomic E-state index is 0.277. The summed E-state index contributed by atoms with van der Waals surface area (Å²) in [6.45, 7) is 2.23. The molecule has 136 valence electrons. The summed E-state index contributed by atoms with van der Waals surface area (Å²) >= 11 is 0. The van der Waals surface area contributed by atoms with Gasteiger partial charge in [-0.2, -0.15) is 0 Å². The van der Waals surface area contributed by atoms with Crippen molar-refractivity contribution in [3.63, 3.8) is 0 Å². The average Bonchev–Trinajstić information content (AvgIpc) is 3.01. The average molecular weight is 355 g/mol. The monoisotopic (exact) mass is 355 g/mol. The van der Waals surface area contributed by atoms with Gasteiger partial charge >= 0.3 is 0 Å². The largest absolute Gasteiger partial charge is 0.490 e. The molecule has 7 heteroatoms. The predicted octanol–water partition coefficient (Wildman–Crippen LogP) is 2.76. The van der Waals surface area contributed by atoms with Gasteiger partial charge in [-0.25, -0.2) is 0 Å². The van der Waals surface area contributed by atoms with Gasteiger partial charge in [0.25, 0.3) is 0 Å². The summed E-state index contributed by atoms with van der Waals surface area (Å²) in [5.41, 5.74) is 1.96. The van der Waals surface area contributed by atoms with Crippen LogP contribution in [0.25, 0.3) is 0 Å². The number of fused-ring (bicyclic) bond motifs is 2. The van der Waals surface area contributed by atoms with E-state index in [4.69, 9.17) is 18.9 Å². The minimum Gasteiger partial charge on any atom is -0.490 e. The van der Waals surface area contributed by atoms with Crippen molar-refractivity contribution in [3.8, 4) is 23.0 Å². The van der Waals surface area contributed by atoms with Crippen molar-refractivity contribution in [2.24, 2.45) is 4.99 Å². The number of nitrogens with one attached hydrogen (secondary N) is 2. The highest BCUT2D eigenvalue weighted by molar-refractivity contribution is 5.93. The van der Waals surface area contributed by atoms with Gasteiger partial charge in [0.2, 0.25) is 6.79 Å². The van der Waals surface area contributed by atoms with Crippen LogP contribution in [0.5, 0.6) is 23.0 Å². The maximum absolute atomic E-state index is 5.73. The first-order valence-electron chi connectivity index (χ1n) is 8.58. The SMILES string of the molecule is CN=C(NCc1ccc2c(c1)OCO2)Nc1ccc2c(c1)OCCCO2. The van der Waals surface area contributed by atoms with Crippen LogP contribution in [0.2, 0.25) is 0 Å². The van der Waals surface area contributed by atoms with Crippen LogP contribution < -0.4 is 29.6 Å². The first kappa shape index (κ1) is 16.4. The Morgan fingerprint density at radius 3 is 2.54 bits per heavy atom. The molecule has 2 aliphatic heterocycles. The summed E-state index contributed by atoms with van der Waals surface area (Å²) in [5, 5.41) is 6.56. The molecule has 0 bridgehead atoms. The molecule has 0 aliphatic carbocycles. The number of hydrogen-bond donors (Lipinski definition) is 2. The van der Waals surface area contributed by atoms with Crippen LogP contribution in [0, 0.1) is 0 Å². The summed E-state index contributed by atoms with van der Waals surface area (Å²) in [6.07, 6.45) is 0.885. The highest BCUT2D eigenvalue weighted by atomic mass is 16.7. The highest BCUT2D eigenvalue weighted by Gasteiger charge is 2.14. The minimum atomic E-state index is 0.277. The lowest BCUT2D eigenvalue weighted by atomic mass is 10.2. The fourth-order valence-electron chi connectivity index (χ4n) is 2.79. The van der Waals surface area contributed by atoms with Gasteiger partial charge in [-0.1, -0.05) is 6.07 Å². The quantitative estimate of drug-likeness (QED) is 0.652. The molecule has 0 amide bonds. The lowest BCUT2D eigenvalue weighted by Gasteiger charge is -2.14. The van der Waals surface area contributed by atoms with Crippen molar-refractivity contribution in [1.29, 1.82) is 0 Å². The zero-order valence-electron chi connectivity index (χ0n) is 14.6. The van der Waals surface area contributed by atoms with E-state index in [1.807, 2.05) is 36.4 Å². The van der Waals surface area contributed by atoms with E-state index in [2.05, 4.69) is 15.6 Å². The predicted molar refractivity (Wildman–Crippen MR) is 98.4 cm³/mol. The lowest BCUT2D eigenvalue weighted by Crippen LogP contribution is -2.30. The normalized spacial score (nSPS) is 15.3. The van der Waals surface area contributed by atoms with Crippen LogP contribution in [0.3, 0.4) is 0 Å². The molecule has 0 unspecified atom stereocenters. The summed E-state index contributed by atoms with van der Waals surface area (Å²) in [4.78, 5) is 4.27. The number of hydrogen-bond acceptors (Lipinski definition) is 5. The van der Waals surface area contributed by atoms with E-state index in [1.54, 1.807) is 7.05 Å². The van der Waals surface area contributed by atoms with Gasteiger partial charge in [-0.05, 0) is 29.8 Å². The molecule has 4 rings (SSSR count). The molecular formula is C19H21N3O4. The fourth-order valence-corrected chi connectivity index (χ4v) is 2.79. The van der Waals surface area contributed by atoms with Crippen molar-refractivity contribution in [2.75, 3.05) is 32.4 Å². The second-order valence-corrected chi connectivity index (χ2v) is 5.95. The van der Waals surface area contributed by atoms with E-state index in [0.717, 1.165) is 40.7 Å². The summed E-state index contributed by atoms with van der Waals surface area (Å²) in [5.74, 6) is 3.74. The van der Waals surface area contributed by atoms with Crippen molar-refractivity contribution >= 4 is 11.6 Å². The first-order valence-corrected chi connectivity index (χ1v) is 8.58. The Bertz CT molecular complexity index is 822. The maximum atomic E-state index is 5.73. The molecule has 2 aromatic rings. The van der Waals surface area contributed by atoms with Crippen molar-refractivity contribution in [2.45, 2.75) is 13.0 Å². The molecule has 2 aromatic carbocycles. The van der Waals surface area contributed by atoms with Gasteiger partial charge in [0.1, 0.15) is 0 Å². The molecule has 7 nitrogen and oxygen atoms in total. The van der Waals surface area contributed by atoms with Crippen LogP contribution in [-0.2, 0) is 6.54 Å². The molecule has 0 atom stereocenters. The van der Waals surface area contributed by atoms with Crippen molar-refractivity contribution in [1.82, 2.24) is 5.32 Å². The third-order valence-corrected chi connectivity index (χ3v) is 4.13. The Kier molecular flexibility index (Phi) is 4.68. The van der Waals surface area contributed by atoms with Crippen molar-refractivity contribution < 1.29 is 18.9 Å². The Labute approximate surface area is 151 Å². The lowest BCUT2D eigenvalue weighted by molar-refractivity contribution is 0.174. The fraction of sp³-hybridized carbons (Fsp3) is 0.316. The number of nitrogens with zero attached hydrogens (tertiary/aromatic N) is 1. The Balaban J connectivity index is 1.39. The van der Waals surface area contributed by atoms with Gasteiger partial charge in [0.15, 0.2) is 29.0 Å². The smallest absolute Gasteiger partial charge is 0.231 e. The molecule has 0 spiro atoms. The third-order valence-electron chi connectivity index (χ3n) is 4.13. The number of ether oxygens (including phenoxy) is 4. The van der Waals surface area contributed by atoms with Crippen LogP contribution in [-0.4, -0.2) is 33.0 Å². The number of guanidine groups is 1. The zero-order valence-corrected chi connectivity index (χ0v) is 14.6. The molecule has 0 saturated carbocycles. The maximum Gasteiger partial charge on any atom is 0.231 e. The Morgan fingerprint density at radius 1 is 0.923 bits per heavy atom. The first-order chi connectivity index (χ1) is 12.8. The van der Waals surface area contributed by atoms with E-state index >= 15 is 0 Å². The molecule has 26 heavy (non-hydrogen) atoms. The van der Waals surface area contributed by atoms with Gasteiger partial charge in [0, 0.05) is 31.8 Å². The number of anilines is 1. The van der Waals surface area contributed by atoms with Gasteiger partial charge in [-0.15, -0.1) is 0 Å². The van der Waals surface area contributed by atoms with Gasteiger partial charge in [0.05, 0.1) is 13.2 Å². The van der Waals surface area contributed by atoms with E-state index in [0.29, 0.717) is 25.7 Å². The number of rotatable bonds is 3. The van der Waals surface area contributed by atoms with E-state index in [9.17, 15) is 0 Å². The summed E-state index contributed by atoms with van der Waals surface area (Å²) in [6, 6.07) is 11.7. The standard InChI is InChI=1S/C19H21N3O4/c1-20-19(21-11-13-3-5-16-17(9-13)26-12-25-16)22-14-4-6-15-18(10-14)24-8-2-7-23-15/h3-6,9-10H,2,7-8,11-12H2,1H3,(H2,20,21,22). The zero-order chi connectivity index (χ0) is 17.8. The van der Waals surface area contributed by atoms with Crippen LogP contribution in [0.4, 0.5) is 5.69 Å². The molecular weight excluding hydrogens is 334 g/mol. The Hall–Kier alpha value is -3.09. The topological polar surface area (TPSA) is 73.3 Å². The molecule has 0 fully saturated rings. The summed E-state index contributed by atoms with van der Waals surface area (Å²) in [7, 11) is 1.73. The van der Waals surface area contributed by atoms with Crippen molar-refractivity contribution in [3.05, 3.63) is 42.0 Å². The molecule has 2 heterocycles. The highest BCUT2D eigenvalue weighted by Crippen LogP contribution is 2.33. The second-order valence-electron chi connectivity index (χ2n) is 5.95. The number of benzene rings is 2. The van der Waals surface area contributed by atoms with E-state index < -0.39 is 0 Å². The third kappa shape index (κ3) is 3.61. The van der Waals surface area contributed by atoms with Gasteiger partial charge < -0.3 is 29.6 Å². The molecule has 0 aromatic heterocycles. The Morgan fingerprint density at radius 2 is 1.65 bits per heavy atom. The van der Waals surface area contributed by atoms with Crippen LogP contribution in [0.15, 0.2) is 41.4 Å². The molecule has 2 N–H and O–H groups in total. The van der Waals surface area contributed by atoms with E-state index in [-0.39, 0.29) is 6.79 Å². The number of aliphatic imine (C=N–C) groups is 1. The molecule has 0 saturated heterocycles. The van der Waals surface area contributed by atoms with E-state index in [1.165, 1.54) is 0 Å². The van der Waals surface area contributed by atoms with Crippen LogP contribution >= 0.6 is 0 Å². The molecule has 0 radical (unpaired) electrons. The summed E-state index contributed by atoms with van der Waals surface area (Å²) < 4.78 is 22.1. The van der Waals surface area contributed by atoms with Crippen LogP contribution in [0.1, 0.15) is 12.0 Å². The second kappa shape index (κ2) is 7.43. The van der Waals surface area contributed by atoms with Gasteiger partial charge in [-0.3, -0.25) is 4.99 Å². The molecule has 2 aliphatic rings.